The van der Waals surface area contributed by atoms with Crippen molar-refractivity contribution in [2.24, 2.45) is 11.3 Å². The van der Waals surface area contributed by atoms with E-state index >= 15 is 0 Å². The van der Waals surface area contributed by atoms with Crippen LogP contribution in [-0.2, 0) is 11.8 Å². The summed E-state index contributed by atoms with van der Waals surface area (Å²) in [5, 5.41) is 3.57. The summed E-state index contributed by atoms with van der Waals surface area (Å²) in [7, 11) is 0. The molecule has 1 nitrogen and oxygen atoms in total. The first-order valence-corrected chi connectivity index (χ1v) is 8.15. The smallest absolute Gasteiger partial charge is 0.00109 e. The third-order valence-corrected chi connectivity index (χ3v) is 4.77. The molecule has 0 radical (unpaired) electrons. The molecule has 0 saturated heterocycles. The van der Waals surface area contributed by atoms with Gasteiger partial charge >= 0.3 is 0 Å². The first-order chi connectivity index (χ1) is 9.35. The van der Waals surface area contributed by atoms with Crippen LogP contribution in [0.15, 0.2) is 24.3 Å². The van der Waals surface area contributed by atoms with Gasteiger partial charge in [0.1, 0.15) is 0 Å². The van der Waals surface area contributed by atoms with E-state index in [0.717, 1.165) is 19.0 Å². The maximum Gasteiger partial charge on any atom is 0.00109 e. The van der Waals surface area contributed by atoms with Crippen LogP contribution in [0, 0.1) is 11.3 Å². The third kappa shape index (κ3) is 3.85. The maximum absolute atomic E-state index is 3.57. The van der Waals surface area contributed by atoms with E-state index in [0.29, 0.717) is 5.41 Å². The lowest BCUT2D eigenvalue weighted by atomic mass is 9.78. The Kier molecular flexibility index (Phi) is 4.59. The van der Waals surface area contributed by atoms with Crippen molar-refractivity contribution in [3.05, 3.63) is 35.4 Å². The predicted octanol–water partition coefficient (Wildman–Crippen LogP) is 4.55. The maximum atomic E-state index is 3.57. The molecule has 0 aromatic heterocycles. The van der Waals surface area contributed by atoms with Crippen molar-refractivity contribution in [2.75, 3.05) is 13.1 Å². The highest BCUT2D eigenvalue weighted by Gasteiger charge is 2.40. The van der Waals surface area contributed by atoms with Gasteiger partial charge in [0.25, 0.3) is 0 Å². The van der Waals surface area contributed by atoms with Crippen LogP contribution in [0.1, 0.15) is 58.6 Å². The SMILES string of the molecule is CCNCC(C)(Cc1ccc(C(C)(C)C)cc1)C1CC1. The van der Waals surface area contributed by atoms with Gasteiger partial charge in [0.15, 0.2) is 0 Å². The second-order valence-corrected chi connectivity index (χ2v) is 7.83. The number of hydrogen-bond donors (Lipinski definition) is 1. The van der Waals surface area contributed by atoms with E-state index in [1.165, 1.54) is 30.4 Å². The molecule has 1 aromatic carbocycles. The fourth-order valence-electron chi connectivity index (χ4n) is 3.13. The van der Waals surface area contributed by atoms with Crippen molar-refractivity contribution in [3.8, 4) is 0 Å². The molecule has 1 unspecified atom stereocenters. The number of benzene rings is 1. The highest BCUT2D eigenvalue weighted by molar-refractivity contribution is 5.28. The summed E-state index contributed by atoms with van der Waals surface area (Å²) in [5.74, 6) is 0.920. The van der Waals surface area contributed by atoms with E-state index in [1.807, 2.05) is 0 Å². The first-order valence-electron chi connectivity index (χ1n) is 8.15. The summed E-state index contributed by atoms with van der Waals surface area (Å²) in [6.07, 6.45) is 4.04. The molecule has 0 bridgehead atoms. The summed E-state index contributed by atoms with van der Waals surface area (Å²) < 4.78 is 0. The predicted molar refractivity (Wildman–Crippen MR) is 88.2 cm³/mol. The van der Waals surface area contributed by atoms with E-state index in [2.05, 4.69) is 64.2 Å². The topological polar surface area (TPSA) is 12.0 Å². The van der Waals surface area contributed by atoms with E-state index in [4.69, 9.17) is 0 Å². The van der Waals surface area contributed by atoms with Gasteiger partial charge in [-0.25, -0.2) is 0 Å². The van der Waals surface area contributed by atoms with Crippen molar-refractivity contribution in [2.45, 2.75) is 59.3 Å². The summed E-state index contributed by atoms with van der Waals surface area (Å²) in [4.78, 5) is 0. The van der Waals surface area contributed by atoms with E-state index in [-0.39, 0.29) is 5.41 Å². The summed E-state index contributed by atoms with van der Waals surface area (Å²) in [6, 6.07) is 9.31. The average Bonchev–Trinajstić information content (AvgIpc) is 3.20. The lowest BCUT2D eigenvalue weighted by Gasteiger charge is -2.30. The standard InChI is InChI=1S/C19H31N/c1-6-20-14-19(5,17-11-12-17)13-15-7-9-16(10-8-15)18(2,3)4/h7-10,17,20H,6,11-14H2,1-5H3. The largest absolute Gasteiger partial charge is 0.316 e. The minimum atomic E-state index is 0.252. The van der Waals surface area contributed by atoms with Gasteiger partial charge in [-0.15, -0.1) is 0 Å². The molecule has 1 atom stereocenters. The molecule has 1 N–H and O–H groups in total. The van der Waals surface area contributed by atoms with Crippen LogP contribution in [-0.4, -0.2) is 13.1 Å². The fraction of sp³-hybridized carbons (Fsp3) is 0.684. The molecular formula is C19H31N. The molecule has 0 aliphatic heterocycles. The van der Waals surface area contributed by atoms with Gasteiger partial charge in [0, 0.05) is 6.54 Å². The van der Waals surface area contributed by atoms with Crippen molar-refractivity contribution in [1.29, 1.82) is 0 Å². The Labute approximate surface area is 125 Å². The van der Waals surface area contributed by atoms with Crippen LogP contribution in [0.3, 0.4) is 0 Å². The molecule has 1 saturated carbocycles. The molecule has 1 aromatic rings. The van der Waals surface area contributed by atoms with Gasteiger partial charge in [0.2, 0.25) is 0 Å². The van der Waals surface area contributed by atoms with Crippen LogP contribution < -0.4 is 5.32 Å². The Bertz CT molecular complexity index is 422. The molecule has 1 fully saturated rings. The molecule has 1 aliphatic rings. The molecule has 20 heavy (non-hydrogen) atoms. The zero-order valence-electron chi connectivity index (χ0n) is 13.9. The number of nitrogens with one attached hydrogen (secondary N) is 1. The minimum Gasteiger partial charge on any atom is -0.316 e. The average molecular weight is 273 g/mol. The number of rotatable bonds is 6. The second-order valence-electron chi connectivity index (χ2n) is 7.83. The molecule has 0 spiro atoms. The van der Waals surface area contributed by atoms with Crippen LogP contribution in [0.2, 0.25) is 0 Å². The third-order valence-electron chi connectivity index (χ3n) is 4.77. The Hall–Kier alpha value is -0.820. The molecule has 1 heteroatoms. The zero-order chi connectivity index (χ0) is 14.8. The van der Waals surface area contributed by atoms with E-state index in [1.54, 1.807) is 0 Å². The lowest BCUT2D eigenvalue weighted by molar-refractivity contribution is 0.258. The van der Waals surface area contributed by atoms with Gasteiger partial charge in [-0.3, -0.25) is 0 Å². The second kappa shape index (κ2) is 5.89. The Morgan fingerprint density at radius 3 is 2.10 bits per heavy atom. The molecule has 112 valence electrons. The molecule has 0 amide bonds. The van der Waals surface area contributed by atoms with Crippen molar-refractivity contribution in [1.82, 2.24) is 5.32 Å². The van der Waals surface area contributed by atoms with E-state index < -0.39 is 0 Å². The highest BCUT2D eigenvalue weighted by atomic mass is 14.9. The first kappa shape index (κ1) is 15.6. The summed E-state index contributed by atoms with van der Waals surface area (Å²) >= 11 is 0. The van der Waals surface area contributed by atoms with Crippen LogP contribution in [0.5, 0.6) is 0 Å². The molecule has 1 aliphatic carbocycles. The lowest BCUT2D eigenvalue weighted by Crippen LogP contribution is -2.35. The van der Waals surface area contributed by atoms with Gasteiger partial charge in [0.05, 0.1) is 0 Å². The Balaban J connectivity index is 2.07. The van der Waals surface area contributed by atoms with Gasteiger partial charge in [-0.1, -0.05) is 58.9 Å². The van der Waals surface area contributed by atoms with Crippen molar-refractivity contribution >= 4 is 0 Å². The van der Waals surface area contributed by atoms with Crippen molar-refractivity contribution in [3.63, 3.8) is 0 Å². The van der Waals surface area contributed by atoms with Gasteiger partial charge < -0.3 is 5.32 Å². The molecular weight excluding hydrogens is 242 g/mol. The summed E-state index contributed by atoms with van der Waals surface area (Å²) in [6.45, 7) is 13.7. The van der Waals surface area contributed by atoms with Gasteiger partial charge in [-0.2, -0.15) is 0 Å². The highest BCUT2D eigenvalue weighted by Crippen LogP contribution is 2.47. The molecule has 2 rings (SSSR count). The monoisotopic (exact) mass is 273 g/mol. The Morgan fingerprint density at radius 1 is 1.05 bits per heavy atom. The van der Waals surface area contributed by atoms with Crippen LogP contribution in [0.25, 0.3) is 0 Å². The fourth-order valence-corrected chi connectivity index (χ4v) is 3.13. The van der Waals surface area contributed by atoms with Gasteiger partial charge in [-0.05, 0) is 53.7 Å². The molecule has 0 heterocycles. The minimum absolute atomic E-state index is 0.252. The normalized spacial score (nSPS) is 18.9. The summed E-state index contributed by atoms with van der Waals surface area (Å²) in [5.41, 5.74) is 3.60. The van der Waals surface area contributed by atoms with Crippen LogP contribution in [0.4, 0.5) is 0 Å². The van der Waals surface area contributed by atoms with E-state index in [9.17, 15) is 0 Å². The van der Waals surface area contributed by atoms with Crippen molar-refractivity contribution < 1.29 is 0 Å². The zero-order valence-corrected chi connectivity index (χ0v) is 13.9. The Morgan fingerprint density at radius 2 is 1.65 bits per heavy atom. The van der Waals surface area contributed by atoms with Crippen LogP contribution >= 0.6 is 0 Å². The quantitative estimate of drug-likeness (QED) is 0.801. The number of hydrogen-bond acceptors (Lipinski definition) is 1.